The highest BCUT2D eigenvalue weighted by molar-refractivity contribution is 6.36. The minimum atomic E-state index is -0.656. The molecule has 0 aliphatic carbocycles. The third-order valence-electron chi connectivity index (χ3n) is 2.24. The molecule has 0 radical (unpaired) electrons. The summed E-state index contributed by atoms with van der Waals surface area (Å²) in [5.74, 6) is -0.0168. The second-order valence-electron chi connectivity index (χ2n) is 3.29. The summed E-state index contributed by atoms with van der Waals surface area (Å²) in [6.45, 7) is 4.07. The van der Waals surface area contributed by atoms with Crippen molar-refractivity contribution in [1.82, 2.24) is 0 Å². The summed E-state index contributed by atoms with van der Waals surface area (Å²) in [5, 5.41) is 0.931. The monoisotopic (exact) mass is 260 g/mol. The number of hydrogen-bond donors (Lipinski definition) is 0. The Labute approximate surface area is 106 Å². The lowest BCUT2D eigenvalue weighted by atomic mass is 10.0. The molecule has 0 fully saturated rings. The van der Waals surface area contributed by atoms with E-state index < -0.39 is 6.10 Å². The van der Waals surface area contributed by atoms with Gasteiger partial charge in [-0.05, 0) is 19.1 Å². The molecule has 1 aromatic carbocycles. The third kappa shape index (κ3) is 2.97. The molecule has 1 aromatic rings. The number of ether oxygens (including phenoxy) is 1. The molecule has 0 aliphatic heterocycles. The Morgan fingerprint density at radius 3 is 2.31 bits per heavy atom. The van der Waals surface area contributed by atoms with Gasteiger partial charge in [-0.1, -0.05) is 36.2 Å². The molecule has 1 atom stereocenters. The number of benzene rings is 1. The van der Waals surface area contributed by atoms with Crippen LogP contribution in [0, 0.1) is 0 Å². The minimum Gasteiger partial charge on any atom is -0.366 e. The smallest absolute Gasteiger partial charge is 0.165 e. The summed E-state index contributed by atoms with van der Waals surface area (Å²) >= 11 is 12.1. The van der Waals surface area contributed by atoms with Gasteiger partial charge in [-0.2, -0.15) is 0 Å². The maximum absolute atomic E-state index is 11.8. The van der Waals surface area contributed by atoms with E-state index in [4.69, 9.17) is 27.9 Å². The molecule has 1 rings (SSSR count). The first-order valence-corrected chi connectivity index (χ1v) is 5.95. The van der Waals surface area contributed by atoms with E-state index in [1.165, 1.54) is 0 Å². The van der Waals surface area contributed by atoms with Gasteiger partial charge >= 0.3 is 0 Å². The van der Waals surface area contributed by atoms with E-state index >= 15 is 0 Å². The molecule has 0 saturated carbocycles. The predicted octanol–water partition coefficient (Wildman–Crippen LogP) is 4.05. The van der Waals surface area contributed by atoms with Crippen LogP contribution in [0.1, 0.15) is 31.9 Å². The lowest BCUT2D eigenvalue weighted by Gasteiger charge is -2.18. The zero-order valence-electron chi connectivity index (χ0n) is 9.30. The molecule has 88 valence electrons. The summed E-state index contributed by atoms with van der Waals surface area (Å²) < 4.78 is 5.42. The first-order valence-electron chi connectivity index (χ1n) is 5.20. The molecule has 4 heteroatoms. The van der Waals surface area contributed by atoms with Gasteiger partial charge in [0.05, 0.1) is 0 Å². The van der Waals surface area contributed by atoms with E-state index in [9.17, 15) is 4.79 Å². The average molecular weight is 261 g/mol. The van der Waals surface area contributed by atoms with Crippen LogP contribution in [0.3, 0.4) is 0 Å². The second kappa shape index (κ2) is 6.24. The van der Waals surface area contributed by atoms with Crippen LogP contribution in [0.2, 0.25) is 10.0 Å². The van der Waals surface area contributed by atoms with Crippen LogP contribution in [-0.4, -0.2) is 12.4 Å². The molecule has 2 nitrogen and oxygen atoms in total. The molecule has 0 amide bonds. The highest BCUT2D eigenvalue weighted by Gasteiger charge is 2.24. The predicted molar refractivity (Wildman–Crippen MR) is 66.1 cm³/mol. The zero-order chi connectivity index (χ0) is 12.1. The molecule has 0 bridgehead atoms. The minimum absolute atomic E-state index is 0.0168. The van der Waals surface area contributed by atoms with Crippen molar-refractivity contribution < 1.29 is 9.53 Å². The molecule has 0 spiro atoms. The number of carbonyl (C=O) groups is 1. The van der Waals surface area contributed by atoms with Crippen molar-refractivity contribution in [3.05, 3.63) is 33.8 Å². The summed E-state index contributed by atoms with van der Waals surface area (Å²) in [6.07, 6.45) is -0.261. The Morgan fingerprint density at radius 1 is 1.31 bits per heavy atom. The van der Waals surface area contributed by atoms with Crippen LogP contribution >= 0.6 is 23.2 Å². The number of halogens is 2. The Kier molecular flexibility index (Phi) is 5.26. The van der Waals surface area contributed by atoms with Crippen molar-refractivity contribution in [2.75, 3.05) is 6.61 Å². The van der Waals surface area contributed by atoms with Gasteiger partial charge in [0, 0.05) is 28.6 Å². The molecular formula is C12H14Cl2O2. The third-order valence-corrected chi connectivity index (χ3v) is 2.90. The van der Waals surface area contributed by atoms with Crippen LogP contribution in [0.5, 0.6) is 0 Å². The fourth-order valence-electron chi connectivity index (χ4n) is 1.45. The molecule has 1 unspecified atom stereocenters. The van der Waals surface area contributed by atoms with Gasteiger partial charge in [-0.3, -0.25) is 4.79 Å². The Bertz CT molecular complexity index is 357. The molecule has 0 aromatic heterocycles. The summed E-state index contributed by atoms with van der Waals surface area (Å²) in [6, 6.07) is 5.16. The number of carbonyl (C=O) groups excluding carboxylic acids is 1. The van der Waals surface area contributed by atoms with E-state index in [0.29, 0.717) is 28.6 Å². The van der Waals surface area contributed by atoms with Crippen molar-refractivity contribution >= 4 is 29.0 Å². The van der Waals surface area contributed by atoms with Gasteiger partial charge in [0.1, 0.15) is 6.10 Å². The van der Waals surface area contributed by atoms with Gasteiger partial charge < -0.3 is 4.74 Å². The Morgan fingerprint density at radius 2 is 1.88 bits per heavy atom. The fraction of sp³-hybridized carbons (Fsp3) is 0.417. The number of Topliss-reactive ketones (excluding diaryl/α,β-unsaturated/α-hetero) is 1. The molecule has 0 heterocycles. The Balaban J connectivity index is 3.15. The normalized spacial score (nSPS) is 12.5. The Hall–Kier alpha value is -0.570. The highest BCUT2D eigenvalue weighted by atomic mass is 35.5. The van der Waals surface area contributed by atoms with Crippen molar-refractivity contribution in [2.24, 2.45) is 0 Å². The molecule has 16 heavy (non-hydrogen) atoms. The van der Waals surface area contributed by atoms with Crippen LogP contribution < -0.4 is 0 Å². The van der Waals surface area contributed by atoms with Crippen molar-refractivity contribution in [2.45, 2.75) is 26.4 Å². The van der Waals surface area contributed by atoms with Crippen molar-refractivity contribution in [1.29, 1.82) is 0 Å². The first kappa shape index (κ1) is 13.5. The highest BCUT2D eigenvalue weighted by Crippen LogP contribution is 2.33. The zero-order valence-corrected chi connectivity index (χ0v) is 10.8. The molecule has 0 N–H and O–H groups in total. The van der Waals surface area contributed by atoms with Gasteiger partial charge in [0.25, 0.3) is 0 Å². The number of hydrogen-bond acceptors (Lipinski definition) is 2. The maximum atomic E-state index is 11.8. The van der Waals surface area contributed by atoms with Gasteiger partial charge in [0.15, 0.2) is 5.78 Å². The topological polar surface area (TPSA) is 26.3 Å². The summed E-state index contributed by atoms with van der Waals surface area (Å²) in [7, 11) is 0. The van der Waals surface area contributed by atoms with Crippen LogP contribution in [-0.2, 0) is 9.53 Å². The molecular weight excluding hydrogens is 247 g/mol. The van der Waals surface area contributed by atoms with Gasteiger partial charge in [-0.15, -0.1) is 0 Å². The average Bonchev–Trinajstić information content (AvgIpc) is 2.26. The lowest BCUT2D eigenvalue weighted by molar-refractivity contribution is -0.130. The van der Waals surface area contributed by atoms with Gasteiger partial charge in [0.2, 0.25) is 0 Å². The van der Waals surface area contributed by atoms with E-state index in [0.717, 1.165) is 0 Å². The summed E-state index contributed by atoms with van der Waals surface area (Å²) in [5.41, 5.74) is 0.569. The van der Waals surface area contributed by atoms with Crippen molar-refractivity contribution in [3.8, 4) is 0 Å². The van der Waals surface area contributed by atoms with Crippen molar-refractivity contribution in [3.63, 3.8) is 0 Å². The number of ketones is 1. The van der Waals surface area contributed by atoms with E-state index in [1.807, 2.05) is 6.92 Å². The van der Waals surface area contributed by atoms with Gasteiger partial charge in [-0.25, -0.2) is 0 Å². The first-order chi connectivity index (χ1) is 7.61. The fourth-order valence-corrected chi connectivity index (χ4v) is 2.05. The SMILES string of the molecule is CCOC(C(=O)CC)c1c(Cl)cccc1Cl. The van der Waals surface area contributed by atoms with Crippen LogP contribution in [0.25, 0.3) is 0 Å². The maximum Gasteiger partial charge on any atom is 0.165 e. The quantitative estimate of drug-likeness (QED) is 0.799. The second-order valence-corrected chi connectivity index (χ2v) is 4.10. The van der Waals surface area contributed by atoms with Crippen LogP contribution in [0.4, 0.5) is 0 Å². The number of rotatable bonds is 5. The molecule has 0 aliphatic rings. The largest absolute Gasteiger partial charge is 0.366 e. The van der Waals surface area contributed by atoms with E-state index in [-0.39, 0.29) is 5.78 Å². The lowest BCUT2D eigenvalue weighted by Crippen LogP contribution is -2.16. The standard InChI is InChI=1S/C12H14Cl2O2/c1-3-10(15)12(16-4-2)11-8(13)6-5-7-9(11)14/h5-7,12H,3-4H2,1-2H3. The summed E-state index contributed by atoms with van der Waals surface area (Å²) in [4.78, 5) is 11.8. The van der Waals surface area contributed by atoms with E-state index in [1.54, 1.807) is 25.1 Å². The van der Waals surface area contributed by atoms with Crippen LogP contribution in [0.15, 0.2) is 18.2 Å². The molecule has 0 saturated heterocycles. The van der Waals surface area contributed by atoms with E-state index in [2.05, 4.69) is 0 Å².